The van der Waals surface area contributed by atoms with Crippen molar-refractivity contribution in [1.29, 1.82) is 0 Å². The monoisotopic (exact) mass is 285 g/mol. The van der Waals surface area contributed by atoms with Gasteiger partial charge < -0.3 is 15.2 Å². The Hall–Kier alpha value is -0.610. The molecule has 0 heterocycles. The molecule has 0 aliphatic heterocycles. The molecule has 118 valence electrons. The third-order valence-electron chi connectivity index (χ3n) is 3.85. The zero-order valence-electron chi connectivity index (χ0n) is 13.4. The normalized spacial score (nSPS) is 25.2. The molecule has 0 spiro atoms. The standard InChI is InChI=1S/C16H31NO3/c1-5-14(18)10-11-17-13-8-6-12(7-9-13)15(19)20-16(2,3)4/h12-14,17-18H,5-11H2,1-4H3. The summed E-state index contributed by atoms with van der Waals surface area (Å²) in [7, 11) is 0. The van der Waals surface area contributed by atoms with Crippen molar-refractivity contribution in [3.05, 3.63) is 0 Å². The molecule has 2 N–H and O–H groups in total. The summed E-state index contributed by atoms with van der Waals surface area (Å²) < 4.78 is 5.45. The number of carbonyl (C=O) groups is 1. The average molecular weight is 285 g/mol. The lowest BCUT2D eigenvalue weighted by atomic mass is 9.86. The maximum Gasteiger partial charge on any atom is 0.309 e. The minimum atomic E-state index is -0.386. The number of esters is 1. The van der Waals surface area contributed by atoms with Gasteiger partial charge in [-0.25, -0.2) is 0 Å². The van der Waals surface area contributed by atoms with E-state index in [9.17, 15) is 9.90 Å². The van der Waals surface area contributed by atoms with Gasteiger partial charge in [0.2, 0.25) is 0 Å². The first kappa shape index (κ1) is 17.4. The van der Waals surface area contributed by atoms with Crippen molar-refractivity contribution in [2.75, 3.05) is 6.54 Å². The highest BCUT2D eigenvalue weighted by Crippen LogP contribution is 2.27. The quantitative estimate of drug-likeness (QED) is 0.737. The Balaban J connectivity index is 2.21. The third kappa shape index (κ3) is 6.71. The van der Waals surface area contributed by atoms with Crippen LogP contribution in [-0.2, 0) is 9.53 Å². The molecule has 0 amide bonds. The van der Waals surface area contributed by atoms with Crippen LogP contribution in [-0.4, -0.2) is 35.4 Å². The van der Waals surface area contributed by atoms with E-state index in [4.69, 9.17) is 4.74 Å². The predicted molar refractivity (Wildman–Crippen MR) is 80.5 cm³/mol. The molecule has 20 heavy (non-hydrogen) atoms. The van der Waals surface area contributed by atoms with E-state index in [2.05, 4.69) is 5.32 Å². The van der Waals surface area contributed by atoms with Crippen molar-refractivity contribution >= 4 is 5.97 Å². The number of rotatable bonds is 6. The van der Waals surface area contributed by atoms with E-state index in [0.717, 1.165) is 45.1 Å². The van der Waals surface area contributed by atoms with Crippen molar-refractivity contribution < 1.29 is 14.6 Å². The Bertz CT molecular complexity index is 291. The highest BCUT2D eigenvalue weighted by atomic mass is 16.6. The average Bonchev–Trinajstić information content (AvgIpc) is 2.37. The van der Waals surface area contributed by atoms with Gasteiger partial charge in [0.15, 0.2) is 0 Å². The van der Waals surface area contributed by atoms with Gasteiger partial charge in [-0.2, -0.15) is 0 Å². The Kier molecular flexibility index (Phi) is 6.96. The van der Waals surface area contributed by atoms with Gasteiger partial charge in [-0.15, -0.1) is 0 Å². The van der Waals surface area contributed by atoms with Gasteiger partial charge in [0.25, 0.3) is 0 Å². The van der Waals surface area contributed by atoms with E-state index < -0.39 is 0 Å². The first-order chi connectivity index (χ1) is 9.31. The van der Waals surface area contributed by atoms with Crippen molar-refractivity contribution in [3.63, 3.8) is 0 Å². The molecule has 0 aromatic heterocycles. The molecule has 1 aliphatic carbocycles. The Morgan fingerprint density at radius 1 is 1.30 bits per heavy atom. The summed E-state index contributed by atoms with van der Waals surface area (Å²) >= 11 is 0. The second-order valence-electron chi connectivity index (χ2n) is 6.89. The van der Waals surface area contributed by atoms with Crippen LogP contribution in [0.1, 0.15) is 66.2 Å². The third-order valence-corrected chi connectivity index (χ3v) is 3.85. The number of hydrogen-bond donors (Lipinski definition) is 2. The number of nitrogens with one attached hydrogen (secondary N) is 1. The van der Waals surface area contributed by atoms with Crippen LogP contribution < -0.4 is 5.32 Å². The van der Waals surface area contributed by atoms with Gasteiger partial charge >= 0.3 is 5.97 Å². The summed E-state index contributed by atoms with van der Waals surface area (Å²) in [6.45, 7) is 8.60. The molecule has 0 aromatic rings. The van der Waals surface area contributed by atoms with Gasteiger partial charge in [0.1, 0.15) is 5.60 Å². The number of aliphatic hydroxyl groups is 1. The Morgan fingerprint density at radius 3 is 2.40 bits per heavy atom. The molecule has 4 nitrogen and oxygen atoms in total. The van der Waals surface area contributed by atoms with Crippen LogP contribution in [0, 0.1) is 5.92 Å². The fraction of sp³-hybridized carbons (Fsp3) is 0.938. The van der Waals surface area contributed by atoms with Crippen LogP contribution in [0.5, 0.6) is 0 Å². The van der Waals surface area contributed by atoms with Crippen molar-refractivity contribution in [2.45, 2.75) is 84.0 Å². The summed E-state index contributed by atoms with van der Waals surface area (Å²) in [5, 5.41) is 13.0. The van der Waals surface area contributed by atoms with Crippen molar-refractivity contribution in [3.8, 4) is 0 Å². The van der Waals surface area contributed by atoms with Gasteiger partial charge in [-0.3, -0.25) is 4.79 Å². The zero-order chi connectivity index (χ0) is 15.2. The highest BCUT2D eigenvalue weighted by Gasteiger charge is 2.29. The van der Waals surface area contributed by atoms with Crippen LogP contribution in [0.25, 0.3) is 0 Å². The Labute approximate surface area is 123 Å². The summed E-state index contributed by atoms with van der Waals surface area (Å²) in [4.78, 5) is 12.0. The highest BCUT2D eigenvalue weighted by molar-refractivity contribution is 5.73. The molecule has 0 bridgehead atoms. The van der Waals surface area contributed by atoms with E-state index in [1.165, 1.54) is 0 Å². The topological polar surface area (TPSA) is 58.6 Å². The van der Waals surface area contributed by atoms with Crippen LogP contribution >= 0.6 is 0 Å². The molecule has 1 saturated carbocycles. The molecule has 1 atom stereocenters. The van der Waals surface area contributed by atoms with E-state index in [0.29, 0.717) is 6.04 Å². The van der Waals surface area contributed by atoms with Crippen LogP contribution in [0.4, 0.5) is 0 Å². The van der Waals surface area contributed by atoms with Crippen LogP contribution in [0.2, 0.25) is 0 Å². The van der Waals surface area contributed by atoms with Crippen molar-refractivity contribution in [2.24, 2.45) is 5.92 Å². The minimum Gasteiger partial charge on any atom is -0.460 e. The lowest BCUT2D eigenvalue weighted by molar-refractivity contribution is -0.161. The fourth-order valence-electron chi connectivity index (χ4n) is 2.58. The molecular weight excluding hydrogens is 254 g/mol. The molecule has 0 radical (unpaired) electrons. The summed E-state index contributed by atoms with van der Waals surface area (Å²) in [6.07, 6.45) is 5.28. The first-order valence-corrected chi connectivity index (χ1v) is 7.96. The number of ether oxygens (including phenoxy) is 1. The minimum absolute atomic E-state index is 0.0441. The molecule has 1 rings (SSSR count). The number of hydrogen-bond acceptors (Lipinski definition) is 4. The molecule has 0 aromatic carbocycles. The van der Waals surface area contributed by atoms with Crippen LogP contribution in [0.15, 0.2) is 0 Å². The van der Waals surface area contributed by atoms with E-state index >= 15 is 0 Å². The second-order valence-corrected chi connectivity index (χ2v) is 6.89. The SMILES string of the molecule is CCC(O)CCNC1CCC(C(=O)OC(C)(C)C)CC1. The molecule has 0 saturated heterocycles. The van der Waals surface area contributed by atoms with Gasteiger partial charge in [0.05, 0.1) is 12.0 Å². The van der Waals surface area contributed by atoms with Gasteiger partial charge in [0, 0.05) is 6.04 Å². The summed E-state index contributed by atoms with van der Waals surface area (Å²) in [5.41, 5.74) is -0.386. The zero-order valence-corrected chi connectivity index (χ0v) is 13.4. The summed E-state index contributed by atoms with van der Waals surface area (Å²) in [5.74, 6) is 0.0193. The molecular formula is C16H31NO3. The molecule has 1 fully saturated rings. The fourth-order valence-corrected chi connectivity index (χ4v) is 2.58. The maximum atomic E-state index is 12.0. The van der Waals surface area contributed by atoms with Gasteiger partial charge in [-0.1, -0.05) is 6.92 Å². The van der Waals surface area contributed by atoms with Gasteiger partial charge in [-0.05, 0) is 65.8 Å². The largest absolute Gasteiger partial charge is 0.460 e. The van der Waals surface area contributed by atoms with E-state index in [1.54, 1.807) is 0 Å². The maximum absolute atomic E-state index is 12.0. The second kappa shape index (κ2) is 7.99. The first-order valence-electron chi connectivity index (χ1n) is 7.96. The van der Waals surface area contributed by atoms with Crippen molar-refractivity contribution in [1.82, 2.24) is 5.32 Å². The lowest BCUT2D eigenvalue weighted by Crippen LogP contribution is -2.38. The smallest absolute Gasteiger partial charge is 0.309 e. The number of aliphatic hydroxyl groups excluding tert-OH is 1. The van der Waals surface area contributed by atoms with Crippen LogP contribution in [0.3, 0.4) is 0 Å². The Morgan fingerprint density at radius 2 is 1.90 bits per heavy atom. The number of carbonyl (C=O) groups excluding carboxylic acids is 1. The molecule has 4 heteroatoms. The molecule has 1 unspecified atom stereocenters. The van der Waals surface area contributed by atoms with E-state index in [1.807, 2.05) is 27.7 Å². The van der Waals surface area contributed by atoms with E-state index in [-0.39, 0.29) is 23.6 Å². The lowest BCUT2D eigenvalue weighted by Gasteiger charge is -2.30. The summed E-state index contributed by atoms with van der Waals surface area (Å²) in [6, 6.07) is 0.484. The predicted octanol–water partition coefficient (Wildman–Crippen LogP) is 2.64. The molecule has 1 aliphatic rings.